The molecule has 2 N–H and O–H groups in total. The SMILES string of the molecule is C[C@@H](NC(=O)c1ccc(N2NC(=O)CCC2=O)cc1)c1ccccn1. The van der Waals surface area contributed by atoms with Gasteiger partial charge in [0.25, 0.3) is 5.91 Å². The molecule has 1 atom stereocenters. The Morgan fingerprint density at radius 3 is 2.60 bits per heavy atom. The van der Waals surface area contributed by atoms with Crippen LogP contribution in [-0.4, -0.2) is 22.7 Å². The first-order valence-corrected chi connectivity index (χ1v) is 7.99. The highest BCUT2D eigenvalue weighted by molar-refractivity contribution is 6.01. The van der Waals surface area contributed by atoms with Crippen molar-refractivity contribution >= 4 is 23.4 Å². The van der Waals surface area contributed by atoms with Crippen LogP contribution in [0.3, 0.4) is 0 Å². The van der Waals surface area contributed by atoms with Crippen molar-refractivity contribution in [2.24, 2.45) is 0 Å². The molecule has 0 saturated carbocycles. The van der Waals surface area contributed by atoms with E-state index in [1.165, 1.54) is 5.01 Å². The molecule has 1 aliphatic heterocycles. The van der Waals surface area contributed by atoms with Crippen LogP contribution in [0.5, 0.6) is 0 Å². The summed E-state index contributed by atoms with van der Waals surface area (Å²) < 4.78 is 0. The maximum Gasteiger partial charge on any atom is 0.251 e. The van der Waals surface area contributed by atoms with E-state index in [9.17, 15) is 14.4 Å². The Hall–Kier alpha value is -3.22. The summed E-state index contributed by atoms with van der Waals surface area (Å²) in [5.41, 5.74) is 4.27. The van der Waals surface area contributed by atoms with Gasteiger partial charge in [-0.25, -0.2) is 5.01 Å². The minimum atomic E-state index is -0.237. The maximum absolute atomic E-state index is 12.3. The van der Waals surface area contributed by atoms with Crippen molar-refractivity contribution in [1.82, 2.24) is 15.7 Å². The molecule has 128 valence electrons. The Morgan fingerprint density at radius 2 is 1.92 bits per heavy atom. The Bertz CT molecular complexity index is 790. The van der Waals surface area contributed by atoms with Gasteiger partial charge in [0.1, 0.15) is 0 Å². The van der Waals surface area contributed by atoms with Gasteiger partial charge in [-0.2, -0.15) is 0 Å². The second kappa shape index (κ2) is 7.12. The smallest absolute Gasteiger partial charge is 0.251 e. The lowest BCUT2D eigenvalue weighted by atomic mass is 10.1. The van der Waals surface area contributed by atoms with Crippen molar-refractivity contribution < 1.29 is 14.4 Å². The van der Waals surface area contributed by atoms with Crippen molar-refractivity contribution in [2.45, 2.75) is 25.8 Å². The molecular weight excluding hydrogens is 320 g/mol. The molecule has 1 aromatic heterocycles. The number of amides is 3. The lowest BCUT2D eigenvalue weighted by Gasteiger charge is -2.27. The van der Waals surface area contributed by atoms with Crippen LogP contribution in [0.15, 0.2) is 48.7 Å². The third kappa shape index (κ3) is 3.82. The molecule has 2 heterocycles. The van der Waals surface area contributed by atoms with Gasteiger partial charge in [0, 0.05) is 24.6 Å². The quantitative estimate of drug-likeness (QED) is 0.888. The number of anilines is 1. The zero-order chi connectivity index (χ0) is 17.8. The number of benzene rings is 1. The Labute approximate surface area is 145 Å². The number of carbonyl (C=O) groups is 3. The largest absolute Gasteiger partial charge is 0.344 e. The average Bonchev–Trinajstić information content (AvgIpc) is 2.64. The molecule has 1 fully saturated rings. The molecule has 0 spiro atoms. The summed E-state index contributed by atoms with van der Waals surface area (Å²) in [5, 5.41) is 4.09. The average molecular weight is 338 g/mol. The molecule has 0 radical (unpaired) electrons. The second-order valence-corrected chi connectivity index (χ2v) is 5.76. The minimum absolute atomic E-state index is 0.176. The predicted molar refractivity (Wildman–Crippen MR) is 91.4 cm³/mol. The normalized spacial score (nSPS) is 15.5. The zero-order valence-corrected chi connectivity index (χ0v) is 13.7. The first kappa shape index (κ1) is 16.6. The third-order valence-electron chi connectivity index (χ3n) is 3.92. The number of nitrogens with zero attached hydrogens (tertiary/aromatic N) is 2. The third-order valence-corrected chi connectivity index (χ3v) is 3.92. The van der Waals surface area contributed by atoms with Crippen molar-refractivity contribution in [2.75, 3.05) is 5.01 Å². The van der Waals surface area contributed by atoms with Crippen molar-refractivity contribution in [3.8, 4) is 0 Å². The van der Waals surface area contributed by atoms with E-state index in [0.717, 1.165) is 5.69 Å². The first-order valence-electron chi connectivity index (χ1n) is 7.99. The number of hydrogen-bond donors (Lipinski definition) is 2. The number of carbonyl (C=O) groups excluding carboxylic acids is 3. The van der Waals surface area contributed by atoms with Crippen LogP contribution >= 0.6 is 0 Å². The Morgan fingerprint density at radius 1 is 1.16 bits per heavy atom. The van der Waals surface area contributed by atoms with Gasteiger partial charge in [0.05, 0.1) is 17.4 Å². The van der Waals surface area contributed by atoms with Crippen LogP contribution in [0.2, 0.25) is 0 Å². The van der Waals surface area contributed by atoms with Gasteiger partial charge >= 0.3 is 0 Å². The summed E-state index contributed by atoms with van der Waals surface area (Å²) in [5.74, 6) is -0.620. The number of aromatic nitrogens is 1. The molecule has 7 heteroatoms. The van der Waals surface area contributed by atoms with Crippen LogP contribution in [0.1, 0.15) is 41.9 Å². The molecule has 25 heavy (non-hydrogen) atoms. The van der Waals surface area contributed by atoms with Crippen LogP contribution in [-0.2, 0) is 9.59 Å². The van der Waals surface area contributed by atoms with Gasteiger partial charge in [0.2, 0.25) is 11.8 Å². The molecule has 3 amide bonds. The zero-order valence-electron chi connectivity index (χ0n) is 13.7. The van der Waals surface area contributed by atoms with Crippen LogP contribution in [0.25, 0.3) is 0 Å². The van der Waals surface area contributed by atoms with Gasteiger partial charge in [-0.05, 0) is 43.3 Å². The van der Waals surface area contributed by atoms with E-state index < -0.39 is 0 Å². The predicted octanol–water partition coefficient (Wildman–Crippen LogP) is 1.73. The molecule has 0 bridgehead atoms. The van der Waals surface area contributed by atoms with Gasteiger partial charge in [-0.15, -0.1) is 0 Å². The van der Waals surface area contributed by atoms with Crippen molar-refractivity contribution in [3.05, 3.63) is 59.9 Å². The number of pyridine rings is 1. The van der Waals surface area contributed by atoms with Gasteiger partial charge < -0.3 is 5.32 Å². The highest BCUT2D eigenvalue weighted by atomic mass is 16.2. The van der Waals surface area contributed by atoms with Gasteiger partial charge in [-0.3, -0.25) is 24.8 Å². The fourth-order valence-electron chi connectivity index (χ4n) is 2.53. The summed E-state index contributed by atoms with van der Waals surface area (Å²) >= 11 is 0. The minimum Gasteiger partial charge on any atom is -0.344 e. The van der Waals surface area contributed by atoms with E-state index in [2.05, 4.69) is 15.7 Å². The molecule has 3 rings (SSSR count). The standard InChI is InChI=1S/C18H18N4O3/c1-12(15-4-2-3-11-19-15)20-18(25)13-5-7-14(8-6-13)22-17(24)10-9-16(23)21-22/h2-8,11-12H,9-10H2,1H3,(H,20,25)(H,21,23)/t12-/m1/s1. The highest BCUT2D eigenvalue weighted by Gasteiger charge is 2.24. The number of nitrogens with one attached hydrogen (secondary N) is 2. The number of hydrogen-bond acceptors (Lipinski definition) is 4. The summed E-state index contributed by atoms with van der Waals surface area (Å²) in [4.78, 5) is 39.9. The number of rotatable bonds is 4. The van der Waals surface area contributed by atoms with Gasteiger partial charge in [0.15, 0.2) is 0 Å². The summed E-state index contributed by atoms with van der Waals surface area (Å²) in [6.07, 6.45) is 2.05. The summed E-state index contributed by atoms with van der Waals surface area (Å²) in [7, 11) is 0. The fraction of sp³-hybridized carbons (Fsp3) is 0.222. The molecule has 1 aliphatic rings. The second-order valence-electron chi connectivity index (χ2n) is 5.76. The van der Waals surface area contributed by atoms with E-state index in [0.29, 0.717) is 11.3 Å². The fourth-order valence-corrected chi connectivity index (χ4v) is 2.53. The van der Waals surface area contributed by atoms with E-state index in [4.69, 9.17) is 0 Å². The molecule has 0 aliphatic carbocycles. The molecule has 2 aromatic rings. The lowest BCUT2D eigenvalue weighted by Crippen LogP contribution is -2.50. The maximum atomic E-state index is 12.3. The lowest BCUT2D eigenvalue weighted by molar-refractivity contribution is -0.130. The van der Waals surface area contributed by atoms with E-state index in [1.807, 2.05) is 25.1 Å². The van der Waals surface area contributed by atoms with Crippen molar-refractivity contribution in [1.29, 1.82) is 0 Å². The molecule has 1 saturated heterocycles. The number of hydrazine groups is 1. The topological polar surface area (TPSA) is 91.4 Å². The molecular formula is C18H18N4O3. The van der Waals surface area contributed by atoms with Crippen LogP contribution < -0.4 is 15.8 Å². The van der Waals surface area contributed by atoms with Gasteiger partial charge in [-0.1, -0.05) is 6.07 Å². The van der Waals surface area contributed by atoms with E-state index in [1.54, 1.807) is 30.5 Å². The molecule has 0 unspecified atom stereocenters. The highest BCUT2D eigenvalue weighted by Crippen LogP contribution is 2.18. The Kier molecular flexibility index (Phi) is 4.74. The summed E-state index contributed by atoms with van der Waals surface area (Å²) in [6, 6.07) is 11.8. The van der Waals surface area contributed by atoms with Crippen LogP contribution in [0, 0.1) is 0 Å². The summed E-state index contributed by atoms with van der Waals surface area (Å²) in [6.45, 7) is 1.86. The van der Waals surface area contributed by atoms with Crippen LogP contribution in [0.4, 0.5) is 5.69 Å². The Balaban J connectivity index is 1.68. The van der Waals surface area contributed by atoms with E-state index >= 15 is 0 Å². The first-order chi connectivity index (χ1) is 12.0. The van der Waals surface area contributed by atoms with Crippen molar-refractivity contribution in [3.63, 3.8) is 0 Å². The van der Waals surface area contributed by atoms with E-state index in [-0.39, 0.29) is 36.6 Å². The molecule has 1 aromatic carbocycles. The monoisotopic (exact) mass is 338 g/mol. The molecule has 7 nitrogen and oxygen atoms in total.